The Labute approximate surface area is 202 Å². The number of hydrogen-bond donors (Lipinski definition) is 1. The molecule has 1 aromatic carbocycles. The zero-order valence-electron chi connectivity index (χ0n) is 19.2. The van der Waals surface area contributed by atoms with E-state index >= 15 is 0 Å². The van der Waals surface area contributed by atoms with Crippen LogP contribution in [0.15, 0.2) is 59.4 Å². The number of benzene rings is 1. The Morgan fingerprint density at radius 1 is 1.15 bits per heavy atom. The molecule has 1 aromatic heterocycles. The summed E-state index contributed by atoms with van der Waals surface area (Å²) in [6.07, 6.45) is 3.12. The fourth-order valence-corrected chi connectivity index (χ4v) is 3.79. The molecule has 1 N–H and O–H groups in total. The van der Waals surface area contributed by atoms with Gasteiger partial charge in [0.1, 0.15) is 29.6 Å². The molecule has 180 valence electrons. The number of amides is 1. The van der Waals surface area contributed by atoms with Crippen molar-refractivity contribution in [2.24, 2.45) is 0 Å². The number of methoxy groups -OCH3 is 2. The number of halogens is 2. The molecule has 9 heteroatoms. The second-order valence-electron chi connectivity index (χ2n) is 7.90. The Balaban J connectivity index is 1.68. The zero-order valence-corrected chi connectivity index (χ0v) is 19.9. The monoisotopic (exact) mass is 488 g/mol. The molecule has 0 fully saturated rings. The minimum Gasteiger partial charge on any atom is -0.495 e. The van der Waals surface area contributed by atoms with E-state index in [1.807, 2.05) is 6.92 Å². The second kappa shape index (κ2) is 11.3. The molecular formula is C25H26ClFN2O5. The summed E-state index contributed by atoms with van der Waals surface area (Å²) in [5.74, 6) is -0.220. The topological polar surface area (TPSA) is 86.8 Å². The number of carbonyl (C=O) groups is 2. The van der Waals surface area contributed by atoms with Crippen molar-refractivity contribution in [1.82, 2.24) is 10.3 Å². The van der Waals surface area contributed by atoms with Crippen molar-refractivity contribution < 1.29 is 28.2 Å². The van der Waals surface area contributed by atoms with Crippen molar-refractivity contribution in [3.05, 3.63) is 76.4 Å². The highest BCUT2D eigenvalue weighted by molar-refractivity contribution is 6.30. The average Bonchev–Trinajstić information content (AvgIpc) is 2.85. The fraction of sp³-hybridized carbons (Fsp3) is 0.320. The van der Waals surface area contributed by atoms with Crippen LogP contribution in [0.1, 0.15) is 39.9 Å². The number of ketones is 1. The van der Waals surface area contributed by atoms with Crippen LogP contribution in [-0.2, 0) is 10.2 Å². The number of pyridine rings is 1. The fourth-order valence-electron chi connectivity index (χ4n) is 3.45. The van der Waals surface area contributed by atoms with Gasteiger partial charge >= 0.3 is 0 Å². The molecule has 0 saturated heterocycles. The van der Waals surface area contributed by atoms with Crippen LogP contribution in [0.4, 0.5) is 4.39 Å². The van der Waals surface area contributed by atoms with Crippen molar-refractivity contribution in [3.63, 3.8) is 0 Å². The predicted octanol–water partition coefficient (Wildman–Crippen LogP) is 4.37. The van der Waals surface area contributed by atoms with Gasteiger partial charge in [-0.1, -0.05) is 17.7 Å². The van der Waals surface area contributed by atoms with Crippen molar-refractivity contribution in [2.45, 2.75) is 18.8 Å². The molecule has 0 spiro atoms. The van der Waals surface area contributed by atoms with E-state index in [0.29, 0.717) is 36.0 Å². The molecule has 0 saturated carbocycles. The molecule has 1 amide bonds. The van der Waals surface area contributed by atoms with Crippen LogP contribution in [0.5, 0.6) is 11.5 Å². The second-order valence-corrected chi connectivity index (χ2v) is 8.36. The number of aromatic nitrogens is 1. The lowest BCUT2D eigenvalue weighted by Gasteiger charge is -2.29. The lowest BCUT2D eigenvalue weighted by atomic mass is 9.79. The third kappa shape index (κ3) is 6.01. The molecule has 34 heavy (non-hydrogen) atoms. The molecule has 0 bridgehead atoms. The molecule has 1 atom stereocenters. The summed E-state index contributed by atoms with van der Waals surface area (Å²) in [6, 6.07) is 9.71. The van der Waals surface area contributed by atoms with Crippen LogP contribution < -0.4 is 14.8 Å². The van der Waals surface area contributed by atoms with E-state index in [4.69, 9.17) is 25.8 Å². The smallest absolute Gasteiger partial charge is 0.251 e. The summed E-state index contributed by atoms with van der Waals surface area (Å²) in [7, 11) is 3.08. The summed E-state index contributed by atoms with van der Waals surface area (Å²) in [4.78, 5) is 29.7. The van der Waals surface area contributed by atoms with E-state index in [-0.39, 0.29) is 29.5 Å². The van der Waals surface area contributed by atoms with Crippen LogP contribution in [0.25, 0.3) is 0 Å². The molecule has 0 radical (unpaired) electrons. The highest BCUT2D eigenvalue weighted by atomic mass is 35.5. The third-order valence-electron chi connectivity index (χ3n) is 5.37. The summed E-state index contributed by atoms with van der Waals surface area (Å²) in [5.41, 5.74) is 0.237. The number of ether oxygens (including phenoxy) is 3. The molecule has 0 aliphatic heterocycles. The largest absolute Gasteiger partial charge is 0.495 e. The first kappa shape index (κ1) is 25.4. The number of allylic oxidation sites excluding steroid dienone is 4. The Bertz CT molecular complexity index is 1120. The van der Waals surface area contributed by atoms with Crippen LogP contribution in [0.3, 0.4) is 0 Å². The third-order valence-corrected chi connectivity index (χ3v) is 5.68. The minimum atomic E-state index is -0.759. The van der Waals surface area contributed by atoms with Crippen molar-refractivity contribution in [3.8, 4) is 11.5 Å². The molecule has 1 aliphatic rings. The Hall–Kier alpha value is -3.23. The summed E-state index contributed by atoms with van der Waals surface area (Å²) < 4.78 is 29.5. The van der Waals surface area contributed by atoms with Gasteiger partial charge in [-0.2, -0.15) is 0 Å². The number of nitrogens with zero attached hydrogens (tertiary/aromatic N) is 1. The lowest BCUT2D eigenvalue weighted by Crippen LogP contribution is -2.31. The molecule has 1 unspecified atom stereocenters. The first-order valence-corrected chi connectivity index (χ1v) is 11.0. The van der Waals surface area contributed by atoms with E-state index in [1.54, 1.807) is 43.5 Å². The first-order valence-electron chi connectivity index (χ1n) is 10.6. The highest BCUT2D eigenvalue weighted by Gasteiger charge is 2.34. The van der Waals surface area contributed by atoms with Gasteiger partial charge in [0, 0.05) is 24.5 Å². The average molecular weight is 489 g/mol. The number of hydrogen-bond acceptors (Lipinski definition) is 6. The summed E-state index contributed by atoms with van der Waals surface area (Å²) in [5, 5.41) is 2.68. The van der Waals surface area contributed by atoms with Gasteiger partial charge in [0.25, 0.3) is 5.91 Å². The Morgan fingerprint density at radius 2 is 1.88 bits per heavy atom. The number of Topliss-reactive ketones (excluding diaryl/α,β-unsaturated/α-hetero) is 1. The molecule has 2 aromatic rings. The Morgan fingerprint density at radius 3 is 2.53 bits per heavy atom. The quantitative estimate of drug-likeness (QED) is 0.395. The van der Waals surface area contributed by atoms with E-state index in [2.05, 4.69) is 10.3 Å². The van der Waals surface area contributed by atoms with Gasteiger partial charge in [-0.3, -0.25) is 9.59 Å². The van der Waals surface area contributed by atoms with Gasteiger partial charge in [-0.25, -0.2) is 9.37 Å². The SMILES string of the molecule is COCCOc1ccc(C(=O)NCC(=O)c2ccc(OC)c(C3(C)C=CC(F)=C(Cl)C3)n2)cc1. The molecule has 1 heterocycles. The van der Waals surface area contributed by atoms with E-state index < -0.39 is 17.1 Å². The van der Waals surface area contributed by atoms with Crippen LogP contribution in [0.2, 0.25) is 0 Å². The maximum Gasteiger partial charge on any atom is 0.251 e. The zero-order chi connectivity index (χ0) is 24.7. The van der Waals surface area contributed by atoms with Gasteiger partial charge in [0.15, 0.2) is 5.78 Å². The first-order chi connectivity index (χ1) is 16.3. The van der Waals surface area contributed by atoms with Crippen molar-refractivity contribution >= 4 is 23.3 Å². The van der Waals surface area contributed by atoms with Crippen LogP contribution in [0, 0.1) is 0 Å². The molecular weight excluding hydrogens is 463 g/mol. The molecule has 3 rings (SSSR count). The van der Waals surface area contributed by atoms with E-state index in [9.17, 15) is 14.0 Å². The normalized spacial score (nSPS) is 17.4. The summed E-state index contributed by atoms with van der Waals surface area (Å²) >= 11 is 6.04. The van der Waals surface area contributed by atoms with Gasteiger partial charge in [-0.05, 0) is 49.4 Å². The lowest BCUT2D eigenvalue weighted by molar-refractivity contribution is 0.0902. The predicted molar refractivity (Wildman–Crippen MR) is 126 cm³/mol. The standard InChI is InChI=1S/C25H26ClFN2O5/c1-25(11-10-19(27)18(26)14-25)23-22(33-3)9-8-20(29-23)21(30)15-28-24(31)16-4-6-17(7-5-16)34-13-12-32-2/h4-11H,12-15H2,1-3H3,(H,28,31). The minimum absolute atomic E-state index is 0.0768. The maximum atomic E-state index is 13.7. The van der Waals surface area contributed by atoms with Gasteiger partial charge in [0.2, 0.25) is 0 Å². The summed E-state index contributed by atoms with van der Waals surface area (Å²) in [6.45, 7) is 2.45. The van der Waals surface area contributed by atoms with Crippen LogP contribution >= 0.6 is 11.6 Å². The van der Waals surface area contributed by atoms with Gasteiger partial charge < -0.3 is 19.5 Å². The molecule has 1 aliphatic carbocycles. The van der Waals surface area contributed by atoms with Crippen LogP contribution in [-0.4, -0.2) is 50.7 Å². The van der Waals surface area contributed by atoms with E-state index in [1.165, 1.54) is 19.3 Å². The number of nitrogens with one attached hydrogen (secondary N) is 1. The maximum absolute atomic E-state index is 13.7. The number of carbonyl (C=O) groups excluding carboxylic acids is 2. The van der Waals surface area contributed by atoms with Crippen molar-refractivity contribution in [2.75, 3.05) is 34.0 Å². The number of rotatable bonds is 10. The van der Waals surface area contributed by atoms with Gasteiger partial charge in [0.05, 0.1) is 31.0 Å². The van der Waals surface area contributed by atoms with E-state index in [0.717, 1.165) is 0 Å². The Kier molecular flexibility index (Phi) is 8.41. The molecule has 7 nitrogen and oxygen atoms in total. The highest BCUT2D eigenvalue weighted by Crippen LogP contribution is 2.41. The van der Waals surface area contributed by atoms with Gasteiger partial charge in [-0.15, -0.1) is 0 Å². The van der Waals surface area contributed by atoms with Crippen molar-refractivity contribution in [1.29, 1.82) is 0 Å².